The fraction of sp³-hybridized carbons (Fsp3) is 0.379. The molecular weight excluding hydrogens is 488 g/mol. The molecule has 38 heavy (non-hydrogen) atoms. The van der Waals surface area contributed by atoms with Crippen LogP contribution in [0.1, 0.15) is 31.2 Å². The van der Waals surface area contributed by atoms with Crippen molar-refractivity contribution in [1.29, 1.82) is 0 Å². The van der Waals surface area contributed by atoms with E-state index in [-0.39, 0.29) is 47.3 Å². The molecule has 2 saturated heterocycles. The smallest absolute Gasteiger partial charge is 0.241 e. The number of methoxy groups -OCH3 is 2. The summed E-state index contributed by atoms with van der Waals surface area (Å²) in [7, 11) is 2.85. The molecule has 9 heteroatoms. The van der Waals surface area contributed by atoms with Gasteiger partial charge in [0.1, 0.15) is 0 Å². The number of aromatic hydroxyl groups is 1. The van der Waals surface area contributed by atoms with Crippen LogP contribution in [0.2, 0.25) is 0 Å². The zero-order chi connectivity index (χ0) is 26.9. The minimum absolute atomic E-state index is 0.168. The van der Waals surface area contributed by atoms with Gasteiger partial charge in [0, 0.05) is 5.92 Å². The second kappa shape index (κ2) is 8.44. The van der Waals surface area contributed by atoms with Gasteiger partial charge in [-0.25, -0.2) is 4.90 Å². The summed E-state index contributed by atoms with van der Waals surface area (Å²) >= 11 is 0. The van der Waals surface area contributed by atoms with Crippen molar-refractivity contribution in [2.24, 2.45) is 29.1 Å². The highest BCUT2D eigenvalue weighted by Crippen LogP contribution is 2.63. The first-order chi connectivity index (χ1) is 18.2. The molecule has 4 aliphatic rings. The van der Waals surface area contributed by atoms with Gasteiger partial charge in [-0.05, 0) is 55.5 Å². The number of hydrogen-bond donors (Lipinski definition) is 2. The fourth-order valence-corrected chi connectivity index (χ4v) is 7.21. The lowest BCUT2D eigenvalue weighted by Crippen LogP contribution is -2.48. The first kappa shape index (κ1) is 24.2. The van der Waals surface area contributed by atoms with Gasteiger partial charge in [-0.2, -0.15) is 0 Å². The third-order valence-corrected chi connectivity index (χ3v) is 8.97. The summed E-state index contributed by atoms with van der Waals surface area (Å²) in [5.41, 5.74) is 0.773. The molecule has 0 spiro atoms. The number of benzene rings is 2. The highest BCUT2D eigenvalue weighted by molar-refractivity contribution is 6.24. The van der Waals surface area contributed by atoms with Crippen LogP contribution < -0.4 is 19.7 Å². The molecule has 9 nitrogen and oxygen atoms in total. The quantitative estimate of drug-likeness (QED) is 0.473. The SMILES string of the molecule is COc1cc(C2C3=CCC4C(=O)NC(=O)C4C3CC3C(=O)N(c4ccccc4)C(=O)C32C)cc(OC)c1O. The number of fused-ring (bicyclic) bond motifs is 4. The Labute approximate surface area is 219 Å². The topological polar surface area (TPSA) is 122 Å². The molecule has 2 heterocycles. The van der Waals surface area contributed by atoms with Crippen LogP contribution in [-0.4, -0.2) is 43.0 Å². The first-order valence-electron chi connectivity index (χ1n) is 12.6. The third-order valence-electron chi connectivity index (χ3n) is 8.97. The summed E-state index contributed by atoms with van der Waals surface area (Å²) in [6, 6.07) is 12.1. The van der Waals surface area contributed by atoms with E-state index >= 15 is 0 Å². The highest BCUT2D eigenvalue weighted by Gasteiger charge is 2.67. The summed E-state index contributed by atoms with van der Waals surface area (Å²) in [6.07, 6.45) is 2.61. The van der Waals surface area contributed by atoms with Crippen molar-refractivity contribution in [2.75, 3.05) is 19.1 Å². The number of amides is 4. The van der Waals surface area contributed by atoms with Gasteiger partial charge in [-0.3, -0.25) is 24.5 Å². The standard InChI is InChI=1S/C29H28N2O7/c1-29-19(27(35)31(28(29)36)15-7-5-4-6-8-15)13-18-16(9-10-17-22(18)26(34)30-25(17)33)23(29)14-11-20(37-2)24(32)21(12-14)38-3/h4-9,11-12,17-19,22-23,32H,10,13H2,1-3H3,(H,30,33,34). The van der Waals surface area contributed by atoms with Crippen LogP contribution in [0.4, 0.5) is 5.69 Å². The molecule has 3 fully saturated rings. The Morgan fingerprint density at radius 1 is 0.974 bits per heavy atom. The van der Waals surface area contributed by atoms with Crippen molar-refractivity contribution in [3.63, 3.8) is 0 Å². The van der Waals surface area contributed by atoms with E-state index in [0.717, 1.165) is 5.57 Å². The molecule has 196 valence electrons. The number of carbonyl (C=O) groups is 4. The maximum absolute atomic E-state index is 14.3. The normalized spacial score (nSPS) is 31.8. The minimum atomic E-state index is -1.19. The van der Waals surface area contributed by atoms with Gasteiger partial charge in [0.15, 0.2) is 11.5 Å². The van der Waals surface area contributed by atoms with Crippen LogP contribution in [0, 0.1) is 29.1 Å². The van der Waals surface area contributed by atoms with Crippen LogP contribution in [0.25, 0.3) is 0 Å². The number of phenols is 1. The molecule has 4 amide bonds. The molecule has 2 aromatic carbocycles. The average Bonchev–Trinajstić information content (AvgIpc) is 3.31. The predicted molar refractivity (Wildman–Crippen MR) is 135 cm³/mol. The van der Waals surface area contributed by atoms with Crippen LogP contribution in [0.15, 0.2) is 54.1 Å². The Hall–Kier alpha value is -4.14. The van der Waals surface area contributed by atoms with Gasteiger partial charge < -0.3 is 14.6 Å². The van der Waals surface area contributed by atoms with Crippen LogP contribution >= 0.6 is 0 Å². The second-order valence-electron chi connectivity index (χ2n) is 10.6. The summed E-state index contributed by atoms with van der Waals surface area (Å²) in [5, 5.41) is 13.1. The number of rotatable bonds is 4. The van der Waals surface area contributed by atoms with Crippen LogP contribution in [0.3, 0.4) is 0 Å². The maximum atomic E-state index is 14.3. The molecule has 2 aliphatic carbocycles. The van der Waals surface area contributed by atoms with E-state index in [1.807, 2.05) is 12.1 Å². The molecule has 2 aliphatic heterocycles. The summed E-state index contributed by atoms with van der Waals surface area (Å²) < 4.78 is 10.8. The van der Waals surface area contributed by atoms with Gasteiger partial charge in [-0.1, -0.05) is 29.8 Å². The highest BCUT2D eigenvalue weighted by atomic mass is 16.5. The lowest BCUT2D eigenvalue weighted by molar-refractivity contribution is -0.131. The summed E-state index contributed by atoms with van der Waals surface area (Å²) in [5.74, 6) is -3.98. The van der Waals surface area contributed by atoms with E-state index in [4.69, 9.17) is 9.47 Å². The molecule has 6 rings (SSSR count). The predicted octanol–water partition coefficient (Wildman–Crippen LogP) is 2.93. The molecule has 2 N–H and O–H groups in total. The zero-order valence-corrected chi connectivity index (χ0v) is 21.3. The molecule has 6 unspecified atom stereocenters. The molecule has 6 atom stereocenters. The molecular formula is C29H28N2O7. The molecule has 0 bridgehead atoms. The van der Waals surface area contributed by atoms with Crippen molar-refractivity contribution in [1.82, 2.24) is 5.32 Å². The Morgan fingerprint density at radius 2 is 1.63 bits per heavy atom. The fourth-order valence-electron chi connectivity index (χ4n) is 7.21. The minimum Gasteiger partial charge on any atom is -0.502 e. The zero-order valence-electron chi connectivity index (χ0n) is 21.3. The number of para-hydroxylation sites is 1. The maximum Gasteiger partial charge on any atom is 0.241 e. The number of hydrogen-bond acceptors (Lipinski definition) is 7. The van der Waals surface area contributed by atoms with Gasteiger partial charge in [0.25, 0.3) is 0 Å². The lowest BCUT2D eigenvalue weighted by atomic mass is 9.51. The Kier molecular flexibility index (Phi) is 5.38. The number of ether oxygens (including phenoxy) is 2. The van der Waals surface area contributed by atoms with Crippen LogP contribution in [-0.2, 0) is 19.2 Å². The number of imide groups is 2. The summed E-state index contributed by atoms with van der Waals surface area (Å²) in [4.78, 5) is 55.0. The number of anilines is 1. The van der Waals surface area contributed by atoms with E-state index in [2.05, 4.69) is 5.32 Å². The average molecular weight is 517 g/mol. The van der Waals surface area contributed by atoms with Gasteiger partial charge in [0.2, 0.25) is 29.4 Å². The van der Waals surface area contributed by atoms with Crippen molar-refractivity contribution in [3.8, 4) is 17.2 Å². The van der Waals surface area contributed by atoms with E-state index < -0.39 is 35.0 Å². The number of allylic oxidation sites excluding steroid dienone is 2. The Morgan fingerprint density at radius 3 is 2.26 bits per heavy atom. The lowest BCUT2D eigenvalue weighted by Gasteiger charge is -2.49. The van der Waals surface area contributed by atoms with Gasteiger partial charge in [0.05, 0.1) is 43.1 Å². The Balaban J connectivity index is 1.58. The number of nitrogens with zero attached hydrogens (tertiary/aromatic N) is 1. The summed E-state index contributed by atoms with van der Waals surface area (Å²) in [6.45, 7) is 1.81. The van der Waals surface area contributed by atoms with Crippen LogP contribution in [0.5, 0.6) is 17.2 Å². The molecule has 1 saturated carbocycles. The number of phenolic OH excluding ortho intramolecular Hbond substituents is 1. The number of nitrogens with one attached hydrogen (secondary N) is 1. The molecule has 0 radical (unpaired) electrons. The van der Waals surface area contributed by atoms with E-state index in [0.29, 0.717) is 17.7 Å². The molecule has 2 aromatic rings. The molecule has 0 aromatic heterocycles. The monoisotopic (exact) mass is 516 g/mol. The van der Waals surface area contributed by atoms with E-state index in [1.165, 1.54) is 19.1 Å². The Bertz CT molecular complexity index is 1390. The first-order valence-corrected chi connectivity index (χ1v) is 12.6. The largest absolute Gasteiger partial charge is 0.502 e. The van der Waals surface area contributed by atoms with Crippen molar-refractivity contribution in [2.45, 2.75) is 25.7 Å². The van der Waals surface area contributed by atoms with Crippen molar-refractivity contribution < 1.29 is 33.8 Å². The second-order valence-corrected chi connectivity index (χ2v) is 10.6. The van der Waals surface area contributed by atoms with Crippen molar-refractivity contribution in [3.05, 3.63) is 59.7 Å². The van der Waals surface area contributed by atoms with Gasteiger partial charge >= 0.3 is 0 Å². The van der Waals surface area contributed by atoms with Crippen molar-refractivity contribution >= 4 is 29.3 Å². The van der Waals surface area contributed by atoms with E-state index in [1.54, 1.807) is 43.3 Å². The van der Waals surface area contributed by atoms with Gasteiger partial charge in [-0.15, -0.1) is 0 Å². The third kappa shape index (κ3) is 3.10. The number of carbonyl (C=O) groups excluding carboxylic acids is 4. The van der Waals surface area contributed by atoms with E-state index in [9.17, 15) is 24.3 Å².